The third kappa shape index (κ3) is 1.61. The van der Waals surface area contributed by atoms with Crippen LogP contribution in [0, 0.1) is 6.57 Å². The molecule has 0 bridgehead atoms. The Bertz CT molecular complexity index is 431. The molecular weight excluding hydrogens is 176 g/mol. The monoisotopic (exact) mass is 183 g/mol. The maximum atomic E-state index is 10.9. The number of primary sulfonamides is 1. The fourth-order valence-electron chi connectivity index (χ4n) is 0.804. The lowest BCUT2D eigenvalue weighted by Crippen LogP contribution is -2.11. The van der Waals surface area contributed by atoms with E-state index in [1.54, 1.807) is 12.1 Å². The minimum atomic E-state index is -3.72. The molecule has 0 aromatic heterocycles. The van der Waals surface area contributed by atoms with Gasteiger partial charge in [0.15, 0.2) is 4.90 Å². The highest BCUT2D eigenvalue weighted by molar-refractivity contribution is 7.89. The highest BCUT2D eigenvalue weighted by Crippen LogP contribution is 2.21. The van der Waals surface area contributed by atoms with Gasteiger partial charge in [-0.2, -0.15) is 0 Å². The fraction of sp³-hybridized carbons (Fsp3) is 0. The Morgan fingerprint density at radius 3 is 2.33 bits per heavy atom. The summed E-state index contributed by atoms with van der Waals surface area (Å²) in [6, 6.07) is 6.00. The standard InChI is InChI=1S/C7H7N2O2S/c1-9-6-4-2-3-5-7(6)12(8,10)11/h1-5H,(H2,8,10,11)/q+1. The van der Waals surface area contributed by atoms with Gasteiger partial charge in [-0.3, -0.25) is 0 Å². The molecule has 0 spiro atoms. The van der Waals surface area contributed by atoms with Gasteiger partial charge in [0, 0.05) is 6.07 Å². The molecule has 4 nitrogen and oxygen atoms in total. The summed E-state index contributed by atoms with van der Waals surface area (Å²) in [6.45, 7) is 4.95. The Kier molecular flexibility index (Phi) is 2.13. The second-order valence-corrected chi connectivity index (χ2v) is 3.67. The minimum absolute atomic E-state index is 0.0625. The van der Waals surface area contributed by atoms with Crippen LogP contribution >= 0.6 is 0 Å². The highest BCUT2D eigenvalue weighted by Gasteiger charge is 2.18. The van der Waals surface area contributed by atoms with Crippen LogP contribution in [0.3, 0.4) is 0 Å². The van der Waals surface area contributed by atoms with Gasteiger partial charge in [0.2, 0.25) is 10.0 Å². The summed E-state index contributed by atoms with van der Waals surface area (Å²) in [4.78, 5) is 3.22. The molecule has 0 heterocycles. The van der Waals surface area contributed by atoms with Crippen LogP contribution in [0.15, 0.2) is 29.2 Å². The summed E-state index contributed by atoms with van der Waals surface area (Å²) in [5, 5.41) is 4.89. The average molecular weight is 183 g/mol. The van der Waals surface area contributed by atoms with Gasteiger partial charge in [0.1, 0.15) is 0 Å². The first-order chi connectivity index (χ1) is 5.55. The number of para-hydroxylation sites is 1. The Labute approximate surface area is 70.5 Å². The molecule has 0 aliphatic heterocycles. The van der Waals surface area contributed by atoms with E-state index in [0.717, 1.165) is 0 Å². The van der Waals surface area contributed by atoms with E-state index in [4.69, 9.17) is 11.7 Å². The smallest absolute Gasteiger partial charge is 0.224 e. The van der Waals surface area contributed by atoms with E-state index in [0.29, 0.717) is 0 Å². The van der Waals surface area contributed by atoms with Crippen molar-refractivity contribution in [3.63, 3.8) is 0 Å². The normalized spacial score (nSPS) is 10.7. The Morgan fingerprint density at radius 2 is 1.92 bits per heavy atom. The number of sulfonamides is 1. The van der Waals surface area contributed by atoms with Crippen LogP contribution in [0.5, 0.6) is 0 Å². The summed E-state index contributed by atoms with van der Waals surface area (Å²) < 4.78 is 21.7. The molecule has 0 fully saturated rings. The van der Waals surface area contributed by atoms with Gasteiger partial charge in [-0.15, -0.1) is 0 Å². The molecule has 0 unspecified atom stereocenters. The van der Waals surface area contributed by atoms with Crippen LogP contribution in [-0.2, 0) is 10.0 Å². The molecule has 62 valence electrons. The van der Waals surface area contributed by atoms with E-state index in [2.05, 4.69) is 4.85 Å². The molecule has 1 rings (SSSR count). The number of benzene rings is 1. The molecule has 0 atom stereocenters. The summed E-state index contributed by atoms with van der Waals surface area (Å²) in [5.41, 5.74) is 0.167. The van der Waals surface area contributed by atoms with Gasteiger partial charge in [-0.1, -0.05) is 12.1 Å². The molecule has 5 heteroatoms. The summed E-state index contributed by atoms with van der Waals surface area (Å²) in [7, 11) is -3.72. The molecule has 0 radical (unpaired) electrons. The molecule has 0 saturated carbocycles. The van der Waals surface area contributed by atoms with E-state index in [-0.39, 0.29) is 10.6 Å². The average Bonchev–Trinajstić information content (AvgIpc) is 2.03. The zero-order valence-electron chi connectivity index (χ0n) is 6.14. The van der Waals surface area contributed by atoms with Crippen LogP contribution in [0.2, 0.25) is 0 Å². The van der Waals surface area contributed by atoms with E-state index in [1.807, 2.05) is 0 Å². The van der Waals surface area contributed by atoms with E-state index in [1.165, 1.54) is 12.1 Å². The van der Waals surface area contributed by atoms with Crippen LogP contribution in [0.4, 0.5) is 5.69 Å². The van der Waals surface area contributed by atoms with Crippen molar-refractivity contribution in [2.24, 2.45) is 5.14 Å². The molecule has 1 aromatic carbocycles. The van der Waals surface area contributed by atoms with E-state index in [9.17, 15) is 8.42 Å². The largest absolute Gasteiger partial charge is 0.359 e. The number of hydrogen-bond acceptors (Lipinski definition) is 2. The molecular formula is C7H7N2O2S+. The third-order valence-electron chi connectivity index (χ3n) is 1.31. The van der Waals surface area contributed by atoms with Crippen molar-refractivity contribution in [3.05, 3.63) is 29.1 Å². The first kappa shape index (κ1) is 8.71. The van der Waals surface area contributed by atoms with Crippen molar-refractivity contribution < 1.29 is 8.42 Å². The lowest BCUT2D eigenvalue weighted by Gasteiger charge is -1.92. The molecule has 0 aliphatic carbocycles. The molecule has 1 aromatic rings. The van der Waals surface area contributed by atoms with Crippen LogP contribution < -0.4 is 5.14 Å². The quantitative estimate of drug-likeness (QED) is 0.703. The van der Waals surface area contributed by atoms with Crippen molar-refractivity contribution in [1.82, 2.24) is 0 Å². The van der Waals surface area contributed by atoms with Gasteiger partial charge < -0.3 is 0 Å². The topological polar surface area (TPSA) is 64.5 Å². The van der Waals surface area contributed by atoms with Gasteiger partial charge in [-0.25, -0.2) is 13.6 Å². The lowest BCUT2D eigenvalue weighted by atomic mass is 10.3. The number of rotatable bonds is 1. The maximum absolute atomic E-state index is 10.9. The molecule has 0 aliphatic rings. The fourth-order valence-corrected chi connectivity index (χ4v) is 1.48. The number of hydrogen-bond donors (Lipinski definition) is 1. The SMILES string of the molecule is C#[N+]c1ccccc1S(N)(=O)=O. The predicted molar refractivity (Wildman–Crippen MR) is 45.8 cm³/mol. The summed E-state index contributed by atoms with van der Waals surface area (Å²) >= 11 is 0. The minimum Gasteiger partial charge on any atom is -0.224 e. The first-order valence-electron chi connectivity index (χ1n) is 3.08. The zero-order valence-corrected chi connectivity index (χ0v) is 6.95. The second kappa shape index (κ2) is 2.93. The Morgan fingerprint density at radius 1 is 1.33 bits per heavy atom. The maximum Gasteiger partial charge on any atom is 0.359 e. The molecule has 12 heavy (non-hydrogen) atoms. The number of nitrogens with zero attached hydrogens (tertiary/aromatic N) is 1. The van der Waals surface area contributed by atoms with Crippen molar-refractivity contribution in [3.8, 4) is 6.57 Å². The van der Waals surface area contributed by atoms with Crippen LogP contribution in [0.1, 0.15) is 0 Å². The van der Waals surface area contributed by atoms with Crippen LogP contribution in [0.25, 0.3) is 4.85 Å². The van der Waals surface area contributed by atoms with Crippen LogP contribution in [-0.4, -0.2) is 8.42 Å². The third-order valence-corrected chi connectivity index (χ3v) is 2.27. The predicted octanol–water partition coefficient (Wildman–Crippen LogP) is 0.928. The van der Waals surface area contributed by atoms with E-state index < -0.39 is 10.0 Å². The molecule has 2 N–H and O–H groups in total. The molecule has 0 saturated heterocycles. The van der Waals surface area contributed by atoms with Crippen molar-refractivity contribution in [2.75, 3.05) is 0 Å². The Balaban J connectivity index is 3.47. The zero-order chi connectivity index (χ0) is 9.19. The molecule has 0 amide bonds. The Hall–Kier alpha value is -1.38. The van der Waals surface area contributed by atoms with Gasteiger partial charge >= 0.3 is 5.69 Å². The van der Waals surface area contributed by atoms with Crippen molar-refractivity contribution in [1.29, 1.82) is 0 Å². The van der Waals surface area contributed by atoms with Gasteiger partial charge in [0.05, 0.1) is 0 Å². The lowest BCUT2D eigenvalue weighted by molar-refractivity contribution is 0.598. The van der Waals surface area contributed by atoms with Crippen molar-refractivity contribution in [2.45, 2.75) is 4.90 Å². The van der Waals surface area contributed by atoms with Crippen molar-refractivity contribution >= 4 is 15.7 Å². The number of nitrogens with two attached hydrogens (primary N) is 1. The van der Waals surface area contributed by atoms with Gasteiger partial charge in [0.25, 0.3) is 6.57 Å². The highest BCUT2D eigenvalue weighted by atomic mass is 32.2. The summed E-state index contributed by atoms with van der Waals surface area (Å²) in [5.74, 6) is 0. The summed E-state index contributed by atoms with van der Waals surface area (Å²) in [6.07, 6.45) is 0. The second-order valence-electron chi connectivity index (χ2n) is 2.14. The first-order valence-corrected chi connectivity index (χ1v) is 4.63. The van der Waals surface area contributed by atoms with Gasteiger partial charge in [-0.05, 0) is 10.9 Å². The van der Waals surface area contributed by atoms with E-state index >= 15 is 0 Å².